The molecular weight excluding hydrogens is 272 g/mol. The van der Waals surface area contributed by atoms with Gasteiger partial charge in [-0.2, -0.15) is 0 Å². The molecule has 5 nitrogen and oxygen atoms in total. The first-order valence-electron chi connectivity index (χ1n) is 6.89. The van der Waals surface area contributed by atoms with Crippen molar-refractivity contribution in [1.82, 2.24) is 0 Å². The summed E-state index contributed by atoms with van der Waals surface area (Å²) in [5.74, 6) is 4.12. The molecule has 1 N–H and O–H groups in total. The molecule has 21 heavy (non-hydrogen) atoms. The first kappa shape index (κ1) is 15.6. The second-order valence-corrected chi connectivity index (χ2v) is 5.97. The predicted octanol–water partition coefficient (Wildman–Crippen LogP) is 1.85. The third kappa shape index (κ3) is 2.82. The van der Waals surface area contributed by atoms with Crippen molar-refractivity contribution in [1.29, 1.82) is 0 Å². The molecule has 0 spiro atoms. The van der Waals surface area contributed by atoms with Gasteiger partial charge in [0.2, 0.25) is 0 Å². The zero-order valence-electron chi connectivity index (χ0n) is 12.7. The Morgan fingerprint density at radius 1 is 1.57 bits per heavy atom. The molecule has 2 rings (SSSR count). The van der Waals surface area contributed by atoms with Gasteiger partial charge in [-0.15, -0.1) is 0 Å². The van der Waals surface area contributed by atoms with Crippen molar-refractivity contribution in [3.05, 3.63) is 24.2 Å². The first-order chi connectivity index (χ1) is 9.83. The number of carbonyl (C=O) groups excluding carboxylic acids is 1. The molecule has 1 fully saturated rings. The Bertz CT molecular complexity index is 558. The molecule has 2 heterocycles. The van der Waals surface area contributed by atoms with E-state index in [1.807, 2.05) is 26.8 Å². The number of carbonyl (C=O) groups is 1. The van der Waals surface area contributed by atoms with Crippen LogP contribution < -0.4 is 0 Å². The van der Waals surface area contributed by atoms with Crippen molar-refractivity contribution >= 4 is 5.97 Å². The van der Waals surface area contributed by atoms with Gasteiger partial charge in [-0.3, -0.25) is 0 Å². The molecule has 0 unspecified atom stereocenters. The molecule has 1 aromatic rings. The van der Waals surface area contributed by atoms with Gasteiger partial charge >= 0.3 is 5.97 Å². The van der Waals surface area contributed by atoms with E-state index in [9.17, 15) is 9.90 Å². The Hall–Kier alpha value is -1.77. The summed E-state index contributed by atoms with van der Waals surface area (Å²) in [6.45, 7) is 8.01. The van der Waals surface area contributed by atoms with Gasteiger partial charge in [0.25, 0.3) is 0 Å². The summed E-state index contributed by atoms with van der Waals surface area (Å²) >= 11 is 0. The van der Waals surface area contributed by atoms with Crippen LogP contribution in [-0.4, -0.2) is 29.9 Å². The van der Waals surface area contributed by atoms with Crippen LogP contribution >= 0.6 is 0 Å². The maximum Gasteiger partial charge on any atom is 0.384 e. The topological polar surface area (TPSA) is 72.2 Å². The lowest BCUT2D eigenvalue weighted by atomic mass is 9.73. The molecule has 1 aliphatic rings. The summed E-state index contributed by atoms with van der Waals surface area (Å²) in [6.07, 6.45) is 1.61. The van der Waals surface area contributed by atoms with Gasteiger partial charge in [0, 0.05) is 11.5 Å². The van der Waals surface area contributed by atoms with Crippen molar-refractivity contribution < 1.29 is 23.8 Å². The molecule has 0 saturated carbocycles. The Balaban J connectivity index is 2.17. The number of hydrogen-bond acceptors (Lipinski definition) is 5. The molecule has 0 bridgehead atoms. The fourth-order valence-corrected chi connectivity index (χ4v) is 2.57. The van der Waals surface area contributed by atoms with Crippen LogP contribution in [0.4, 0.5) is 0 Å². The van der Waals surface area contributed by atoms with E-state index in [2.05, 4.69) is 11.8 Å². The lowest BCUT2D eigenvalue weighted by Crippen LogP contribution is -2.33. The van der Waals surface area contributed by atoms with E-state index in [-0.39, 0.29) is 12.0 Å². The van der Waals surface area contributed by atoms with E-state index in [1.165, 1.54) is 0 Å². The van der Waals surface area contributed by atoms with E-state index < -0.39 is 23.8 Å². The van der Waals surface area contributed by atoms with Crippen LogP contribution in [0.3, 0.4) is 0 Å². The third-order valence-corrected chi connectivity index (χ3v) is 3.60. The Kier molecular flexibility index (Phi) is 4.13. The summed E-state index contributed by atoms with van der Waals surface area (Å²) in [5.41, 5.74) is -0.0614. The first-order valence-corrected chi connectivity index (χ1v) is 6.89. The maximum absolute atomic E-state index is 11.2. The molecular formula is C16H20O5. The van der Waals surface area contributed by atoms with Crippen LogP contribution in [0.2, 0.25) is 0 Å². The Morgan fingerprint density at radius 2 is 2.29 bits per heavy atom. The number of ether oxygens (including phenoxy) is 2. The fourth-order valence-electron chi connectivity index (χ4n) is 2.57. The number of rotatable bonds is 3. The smallest absolute Gasteiger partial charge is 0.384 e. The quantitative estimate of drug-likeness (QED) is 0.398. The zero-order valence-corrected chi connectivity index (χ0v) is 12.7. The lowest BCUT2D eigenvalue weighted by Gasteiger charge is -2.27. The van der Waals surface area contributed by atoms with Crippen LogP contribution in [0.1, 0.15) is 33.3 Å². The number of hydrogen-bond donors (Lipinski definition) is 1. The summed E-state index contributed by atoms with van der Waals surface area (Å²) < 4.78 is 15.6. The van der Waals surface area contributed by atoms with Gasteiger partial charge in [-0.1, -0.05) is 26.7 Å². The van der Waals surface area contributed by atoms with Crippen molar-refractivity contribution in [3.8, 4) is 11.8 Å². The van der Waals surface area contributed by atoms with E-state index in [0.29, 0.717) is 0 Å². The maximum atomic E-state index is 11.2. The van der Waals surface area contributed by atoms with Gasteiger partial charge in [-0.05, 0) is 18.4 Å². The van der Waals surface area contributed by atoms with Crippen molar-refractivity contribution in [2.24, 2.45) is 5.41 Å². The van der Waals surface area contributed by atoms with Crippen LogP contribution in [-0.2, 0) is 19.9 Å². The Labute approximate surface area is 124 Å². The molecule has 0 aliphatic carbocycles. The van der Waals surface area contributed by atoms with Crippen LogP contribution in [0, 0.1) is 17.3 Å². The normalized spacial score (nSPS) is 25.7. The van der Waals surface area contributed by atoms with Crippen LogP contribution in [0.5, 0.6) is 0 Å². The number of furan rings is 1. The van der Waals surface area contributed by atoms with Gasteiger partial charge < -0.3 is 19.0 Å². The van der Waals surface area contributed by atoms with Gasteiger partial charge in [0.05, 0.1) is 19.1 Å². The molecule has 114 valence electrons. The molecule has 0 amide bonds. The number of aliphatic hydroxyl groups excluding tert-OH is 1. The number of esters is 1. The van der Waals surface area contributed by atoms with E-state index >= 15 is 0 Å². The number of aliphatic hydroxyl groups is 1. The molecule has 0 radical (unpaired) electrons. The van der Waals surface area contributed by atoms with E-state index in [4.69, 9.17) is 13.9 Å². The van der Waals surface area contributed by atoms with Crippen molar-refractivity contribution in [3.63, 3.8) is 0 Å². The van der Waals surface area contributed by atoms with Gasteiger partial charge in [0.15, 0.2) is 0 Å². The third-order valence-electron chi connectivity index (χ3n) is 3.60. The molecule has 1 aliphatic heterocycles. The standard InChI is InChI=1S/C16H20O5/c1-5-20-13(18)7-6-12(17)14-16(21-14,15(2,3)4)11-8-9-19-10-11/h8-10,12,14,17H,5H2,1-4H3/t12-,14-,16-/m1/s1. The summed E-state index contributed by atoms with van der Waals surface area (Å²) in [7, 11) is 0. The molecule has 3 atom stereocenters. The highest BCUT2D eigenvalue weighted by Crippen LogP contribution is 2.59. The second kappa shape index (κ2) is 5.55. The van der Waals surface area contributed by atoms with Crippen molar-refractivity contribution in [2.45, 2.75) is 45.5 Å². The largest absolute Gasteiger partial charge is 0.472 e. The SMILES string of the molecule is CCOC(=O)C#C[C@@H](O)[C@H]1O[C@@]1(c1ccoc1)C(C)(C)C. The van der Waals surface area contributed by atoms with Crippen LogP contribution in [0.25, 0.3) is 0 Å². The van der Waals surface area contributed by atoms with Crippen LogP contribution in [0.15, 0.2) is 23.0 Å². The molecule has 1 aromatic heterocycles. The molecule has 1 saturated heterocycles. The minimum Gasteiger partial charge on any atom is -0.472 e. The Morgan fingerprint density at radius 3 is 2.81 bits per heavy atom. The fraction of sp³-hybridized carbons (Fsp3) is 0.562. The highest BCUT2D eigenvalue weighted by Gasteiger charge is 2.67. The van der Waals surface area contributed by atoms with Gasteiger partial charge in [0.1, 0.15) is 17.8 Å². The monoisotopic (exact) mass is 292 g/mol. The predicted molar refractivity (Wildman–Crippen MR) is 75.1 cm³/mol. The highest BCUT2D eigenvalue weighted by molar-refractivity contribution is 5.88. The average molecular weight is 292 g/mol. The minimum atomic E-state index is -1.07. The van der Waals surface area contributed by atoms with E-state index in [0.717, 1.165) is 5.56 Å². The minimum absolute atomic E-state index is 0.254. The molecule has 5 heteroatoms. The summed E-state index contributed by atoms with van der Waals surface area (Å²) in [5, 5.41) is 10.2. The molecule has 0 aromatic carbocycles. The van der Waals surface area contributed by atoms with Crippen molar-refractivity contribution in [2.75, 3.05) is 6.61 Å². The van der Waals surface area contributed by atoms with E-state index in [1.54, 1.807) is 19.5 Å². The summed E-state index contributed by atoms with van der Waals surface area (Å²) in [4.78, 5) is 11.2. The highest BCUT2D eigenvalue weighted by atomic mass is 16.6. The summed E-state index contributed by atoms with van der Waals surface area (Å²) in [6, 6.07) is 1.82. The average Bonchev–Trinajstić information content (AvgIpc) is 2.95. The zero-order chi connectivity index (χ0) is 15.7. The second-order valence-electron chi connectivity index (χ2n) is 5.97. The van der Waals surface area contributed by atoms with Gasteiger partial charge in [-0.25, -0.2) is 4.79 Å². The number of epoxide rings is 1. The lowest BCUT2D eigenvalue weighted by molar-refractivity contribution is -0.136.